The maximum atomic E-state index is 13.5. The number of rotatable bonds is 10. The number of furan rings is 1. The van der Waals surface area contributed by atoms with Crippen LogP contribution in [-0.4, -0.2) is 17.1 Å². The third kappa shape index (κ3) is 6.46. The highest BCUT2D eigenvalue weighted by Crippen LogP contribution is 2.13. The quantitative estimate of drug-likeness (QED) is 0.325. The molecule has 0 atom stereocenters. The van der Waals surface area contributed by atoms with Crippen LogP contribution in [0.1, 0.15) is 37.5 Å². The molecule has 4 aromatic rings. The summed E-state index contributed by atoms with van der Waals surface area (Å²) in [7, 11) is 0. The molecule has 8 heteroatoms. The molecule has 188 valence electrons. The van der Waals surface area contributed by atoms with Crippen LogP contribution in [-0.2, 0) is 11.3 Å². The molecule has 0 saturated heterocycles. The highest BCUT2D eigenvalue weighted by molar-refractivity contribution is 7.07. The largest absolute Gasteiger partial charge is 0.494 e. The number of carbonyl (C=O) groups is 1. The molecule has 2 aromatic heterocycles. The van der Waals surface area contributed by atoms with Crippen molar-refractivity contribution in [2.45, 2.75) is 32.7 Å². The van der Waals surface area contributed by atoms with E-state index in [2.05, 4.69) is 12.2 Å². The molecule has 4 rings (SSSR count). The van der Waals surface area contributed by atoms with E-state index < -0.39 is 5.91 Å². The number of ether oxygens (including phenoxy) is 1. The van der Waals surface area contributed by atoms with Gasteiger partial charge in [0.05, 0.1) is 29.6 Å². The predicted octanol–water partition coefficient (Wildman–Crippen LogP) is 3.88. The van der Waals surface area contributed by atoms with E-state index in [1.54, 1.807) is 42.5 Å². The van der Waals surface area contributed by atoms with Gasteiger partial charge in [0.1, 0.15) is 22.2 Å². The van der Waals surface area contributed by atoms with Crippen LogP contribution in [0, 0.1) is 11.3 Å². The van der Waals surface area contributed by atoms with Gasteiger partial charge in [-0.25, -0.2) is 0 Å². The number of benzene rings is 2. The fraction of sp³-hybridized carbons (Fsp3) is 0.207. The molecular weight excluding hydrogens is 486 g/mol. The second kappa shape index (κ2) is 12.6. The second-order valence-electron chi connectivity index (χ2n) is 8.27. The maximum absolute atomic E-state index is 13.5. The zero-order valence-electron chi connectivity index (χ0n) is 20.5. The molecular formula is C29H27N3O4S. The number of nitriles is 1. The number of nitrogens with zero attached hydrogens (tertiary/aromatic N) is 2. The van der Waals surface area contributed by atoms with Crippen LogP contribution < -0.4 is 24.8 Å². The van der Waals surface area contributed by atoms with Gasteiger partial charge in [-0.2, -0.15) is 5.26 Å². The third-order valence-corrected chi connectivity index (χ3v) is 6.68. The van der Waals surface area contributed by atoms with E-state index >= 15 is 0 Å². The fourth-order valence-corrected chi connectivity index (χ4v) is 4.78. The van der Waals surface area contributed by atoms with Crippen molar-refractivity contribution < 1.29 is 13.9 Å². The molecule has 7 nitrogen and oxygen atoms in total. The Morgan fingerprint density at radius 1 is 1.11 bits per heavy atom. The van der Waals surface area contributed by atoms with Gasteiger partial charge >= 0.3 is 0 Å². The minimum atomic E-state index is -0.582. The lowest BCUT2D eigenvalue weighted by atomic mass is 10.2. The standard InChI is InChI=1S/C29H27N3O4S/c1-2-3-7-16-35-23-14-12-21(13-15-23)18-26-28(34)32(22-9-5-4-6-10-22)29(37-26)25(19-30)27(33)31-20-24-11-8-17-36-24/h4-6,8-15,17-18H,2-3,7,16,20H2,1H3,(H,31,33). The number of unbranched alkanes of at least 4 members (excludes halogenated alkanes) is 2. The minimum absolute atomic E-state index is 0.129. The van der Waals surface area contributed by atoms with Gasteiger partial charge in [0, 0.05) is 0 Å². The average Bonchev–Trinajstić information content (AvgIpc) is 3.55. The van der Waals surface area contributed by atoms with Crippen LogP contribution in [0.2, 0.25) is 0 Å². The van der Waals surface area contributed by atoms with Crippen molar-refractivity contribution in [3.05, 3.63) is 104 Å². The lowest BCUT2D eigenvalue weighted by Crippen LogP contribution is -2.33. The zero-order chi connectivity index (χ0) is 26.0. The van der Waals surface area contributed by atoms with Crippen molar-refractivity contribution in [1.82, 2.24) is 9.88 Å². The first kappa shape index (κ1) is 25.7. The molecule has 0 spiro atoms. The van der Waals surface area contributed by atoms with Crippen LogP contribution >= 0.6 is 11.3 Å². The van der Waals surface area contributed by atoms with Crippen LogP contribution in [0.15, 0.2) is 82.2 Å². The molecule has 0 aliphatic rings. The second-order valence-corrected chi connectivity index (χ2v) is 9.30. The van der Waals surface area contributed by atoms with Crippen molar-refractivity contribution in [3.63, 3.8) is 0 Å². The molecule has 0 aliphatic heterocycles. The average molecular weight is 514 g/mol. The van der Waals surface area contributed by atoms with E-state index in [9.17, 15) is 14.9 Å². The van der Waals surface area contributed by atoms with Gasteiger partial charge in [0.15, 0.2) is 5.57 Å². The van der Waals surface area contributed by atoms with Gasteiger partial charge in [-0.3, -0.25) is 14.2 Å². The number of thiazole rings is 1. The highest BCUT2D eigenvalue weighted by atomic mass is 32.1. The van der Waals surface area contributed by atoms with Gasteiger partial charge in [-0.05, 0) is 54.5 Å². The lowest BCUT2D eigenvalue weighted by Gasteiger charge is -2.05. The summed E-state index contributed by atoms with van der Waals surface area (Å²) in [4.78, 5) is 26.5. The smallest absolute Gasteiger partial charge is 0.273 e. The highest BCUT2D eigenvalue weighted by Gasteiger charge is 2.17. The van der Waals surface area contributed by atoms with E-state index in [0.717, 1.165) is 41.9 Å². The Morgan fingerprint density at radius 3 is 2.57 bits per heavy atom. The summed E-state index contributed by atoms with van der Waals surface area (Å²) in [5, 5.41) is 12.6. The number of aromatic nitrogens is 1. The Balaban J connectivity index is 1.73. The van der Waals surface area contributed by atoms with Crippen LogP contribution in [0.5, 0.6) is 5.75 Å². The molecule has 0 bridgehead atoms. The maximum Gasteiger partial charge on any atom is 0.273 e. The Labute approximate surface area is 218 Å². The summed E-state index contributed by atoms with van der Waals surface area (Å²) in [6.07, 6.45) is 6.54. The van der Waals surface area contributed by atoms with Crippen molar-refractivity contribution in [2.24, 2.45) is 0 Å². The predicted molar refractivity (Wildman–Crippen MR) is 144 cm³/mol. The monoisotopic (exact) mass is 513 g/mol. The number of amides is 1. The van der Waals surface area contributed by atoms with Gasteiger partial charge in [-0.15, -0.1) is 11.3 Å². The first-order valence-corrected chi connectivity index (χ1v) is 12.9. The topological polar surface area (TPSA) is 97.3 Å². The summed E-state index contributed by atoms with van der Waals surface area (Å²) < 4.78 is 13.1. The molecule has 0 radical (unpaired) electrons. The first-order valence-electron chi connectivity index (χ1n) is 12.1. The minimum Gasteiger partial charge on any atom is -0.494 e. The van der Waals surface area contributed by atoms with Crippen LogP contribution in [0.3, 0.4) is 0 Å². The van der Waals surface area contributed by atoms with E-state index in [-0.39, 0.29) is 22.3 Å². The van der Waals surface area contributed by atoms with E-state index in [4.69, 9.17) is 9.15 Å². The Hall–Kier alpha value is -4.35. The summed E-state index contributed by atoms with van der Waals surface area (Å²) in [6.45, 7) is 2.95. The van der Waals surface area contributed by atoms with E-state index in [0.29, 0.717) is 22.6 Å². The van der Waals surface area contributed by atoms with Gasteiger partial charge < -0.3 is 14.5 Å². The van der Waals surface area contributed by atoms with Crippen molar-refractivity contribution in [1.29, 1.82) is 5.26 Å². The zero-order valence-corrected chi connectivity index (χ0v) is 21.3. The van der Waals surface area contributed by atoms with E-state index in [1.807, 2.05) is 36.4 Å². The summed E-state index contributed by atoms with van der Waals surface area (Å²) in [6, 6.07) is 21.9. The van der Waals surface area contributed by atoms with Crippen molar-refractivity contribution in [3.8, 4) is 17.5 Å². The normalized spacial score (nSPS) is 12.2. The number of nitrogens with one attached hydrogen (secondary N) is 1. The molecule has 0 aliphatic carbocycles. The first-order chi connectivity index (χ1) is 18.1. The summed E-state index contributed by atoms with van der Waals surface area (Å²) in [5.74, 6) is 0.750. The van der Waals surface area contributed by atoms with Gasteiger partial charge in [0.25, 0.3) is 11.5 Å². The molecule has 0 saturated carbocycles. The molecule has 37 heavy (non-hydrogen) atoms. The van der Waals surface area contributed by atoms with Crippen molar-refractivity contribution >= 4 is 28.9 Å². The summed E-state index contributed by atoms with van der Waals surface area (Å²) >= 11 is 1.10. The Morgan fingerprint density at radius 2 is 1.89 bits per heavy atom. The van der Waals surface area contributed by atoms with Gasteiger partial charge in [-0.1, -0.05) is 50.1 Å². The molecule has 2 aromatic carbocycles. The molecule has 0 unspecified atom stereocenters. The lowest BCUT2D eigenvalue weighted by molar-refractivity contribution is -0.115. The fourth-order valence-electron chi connectivity index (χ4n) is 3.68. The number of para-hydroxylation sites is 1. The molecule has 0 fully saturated rings. The number of carbonyl (C=O) groups excluding carboxylic acids is 1. The molecule has 2 heterocycles. The SMILES string of the molecule is CCCCCOc1ccc(C=c2sc(=C(C#N)C(=O)NCc3ccco3)n(-c3ccccc3)c2=O)cc1. The van der Waals surface area contributed by atoms with Gasteiger partial charge in [0.2, 0.25) is 0 Å². The van der Waals surface area contributed by atoms with Crippen molar-refractivity contribution in [2.75, 3.05) is 6.61 Å². The van der Waals surface area contributed by atoms with Crippen LogP contribution in [0.25, 0.3) is 17.3 Å². The Bertz CT molecular complexity index is 1540. The van der Waals surface area contributed by atoms with E-state index in [1.165, 1.54) is 10.8 Å². The van der Waals surface area contributed by atoms with Crippen LogP contribution in [0.4, 0.5) is 0 Å². The molecule has 1 N–H and O–H groups in total. The molecule has 1 amide bonds. The summed E-state index contributed by atoms with van der Waals surface area (Å²) in [5.41, 5.74) is 0.929. The Kier molecular flexibility index (Phi) is 8.74. The number of hydrogen-bond acceptors (Lipinski definition) is 6. The number of hydrogen-bond donors (Lipinski definition) is 1. The third-order valence-electron chi connectivity index (χ3n) is 5.59.